The normalized spacial score (nSPS) is 16.2. The van der Waals surface area contributed by atoms with Crippen LogP contribution in [-0.4, -0.2) is 56.3 Å². The summed E-state index contributed by atoms with van der Waals surface area (Å²) in [6.07, 6.45) is 0. The van der Waals surface area contributed by atoms with Crippen molar-refractivity contribution < 1.29 is 13.2 Å². The average Bonchev–Trinajstić information content (AvgIpc) is 2.73. The Balaban J connectivity index is 1.63. The van der Waals surface area contributed by atoms with E-state index in [0.29, 0.717) is 25.2 Å². The van der Waals surface area contributed by atoms with Gasteiger partial charge in [0.15, 0.2) is 0 Å². The van der Waals surface area contributed by atoms with Crippen LogP contribution in [0.15, 0.2) is 59.5 Å². The van der Waals surface area contributed by atoms with E-state index in [2.05, 4.69) is 17.1 Å². The Morgan fingerprint density at radius 1 is 0.963 bits per heavy atom. The molecule has 1 aliphatic heterocycles. The lowest BCUT2D eigenvalue weighted by molar-refractivity contribution is 0.0951. The average molecular weight is 388 g/mol. The molecule has 6 nitrogen and oxygen atoms in total. The first-order valence-corrected chi connectivity index (χ1v) is 10.6. The second-order valence-electron chi connectivity index (χ2n) is 6.53. The molecule has 1 amide bonds. The van der Waals surface area contributed by atoms with Crippen LogP contribution >= 0.6 is 0 Å². The van der Waals surface area contributed by atoms with Crippen LogP contribution in [-0.2, 0) is 16.6 Å². The summed E-state index contributed by atoms with van der Waals surface area (Å²) in [5.74, 6) is -0.223. The first-order valence-electron chi connectivity index (χ1n) is 9.15. The van der Waals surface area contributed by atoms with Crippen molar-refractivity contribution in [2.45, 2.75) is 18.4 Å². The van der Waals surface area contributed by atoms with Gasteiger partial charge in [0.1, 0.15) is 0 Å². The highest BCUT2D eigenvalue weighted by Gasteiger charge is 2.28. The van der Waals surface area contributed by atoms with Gasteiger partial charge in [-0.25, -0.2) is 8.42 Å². The first-order chi connectivity index (χ1) is 13.0. The second-order valence-corrected chi connectivity index (χ2v) is 8.47. The predicted octanol–water partition coefficient (Wildman–Crippen LogP) is 1.94. The largest absolute Gasteiger partial charge is 0.348 e. The number of likely N-dealkylation sites (N-methyl/N-ethyl adjacent to an activating group) is 1. The van der Waals surface area contributed by atoms with Crippen molar-refractivity contribution in [1.29, 1.82) is 0 Å². The third-order valence-corrected chi connectivity index (χ3v) is 6.74. The molecule has 27 heavy (non-hydrogen) atoms. The van der Waals surface area contributed by atoms with Gasteiger partial charge in [-0.1, -0.05) is 37.3 Å². The van der Waals surface area contributed by atoms with Crippen molar-refractivity contribution in [3.8, 4) is 0 Å². The van der Waals surface area contributed by atoms with Gasteiger partial charge in [0.05, 0.1) is 4.90 Å². The van der Waals surface area contributed by atoms with Gasteiger partial charge in [0.2, 0.25) is 10.0 Å². The van der Waals surface area contributed by atoms with Crippen molar-refractivity contribution in [2.75, 3.05) is 32.7 Å². The Bertz CT molecular complexity index is 859. The van der Waals surface area contributed by atoms with E-state index in [1.54, 1.807) is 12.1 Å². The van der Waals surface area contributed by atoms with Crippen molar-refractivity contribution in [1.82, 2.24) is 14.5 Å². The molecule has 2 aromatic rings. The lowest BCUT2D eigenvalue weighted by atomic mass is 10.2. The van der Waals surface area contributed by atoms with E-state index in [4.69, 9.17) is 0 Å². The number of benzene rings is 2. The van der Waals surface area contributed by atoms with Gasteiger partial charge in [0.25, 0.3) is 5.91 Å². The molecule has 3 rings (SSSR count). The number of piperazine rings is 1. The zero-order valence-corrected chi connectivity index (χ0v) is 16.3. The summed E-state index contributed by atoms with van der Waals surface area (Å²) in [4.78, 5) is 14.7. The van der Waals surface area contributed by atoms with Crippen LogP contribution in [0.3, 0.4) is 0 Å². The minimum atomic E-state index is -3.52. The van der Waals surface area contributed by atoms with Gasteiger partial charge in [-0.15, -0.1) is 0 Å². The van der Waals surface area contributed by atoms with Crippen molar-refractivity contribution in [3.63, 3.8) is 0 Å². The van der Waals surface area contributed by atoms with E-state index in [-0.39, 0.29) is 10.8 Å². The van der Waals surface area contributed by atoms with Gasteiger partial charge in [-0.3, -0.25) is 4.79 Å². The SMILES string of the molecule is CCN1CCN(S(=O)(=O)c2ccc(C(=O)NCc3ccccc3)cc2)CC1. The summed E-state index contributed by atoms with van der Waals surface area (Å²) in [6, 6.07) is 15.8. The zero-order chi connectivity index (χ0) is 19.3. The molecule has 1 fully saturated rings. The van der Waals surface area contributed by atoms with Crippen LogP contribution in [0.4, 0.5) is 0 Å². The van der Waals surface area contributed by atoms with Gasteiger partial charge >= 0.3 is 0 Å². The molecular weight excluding hydrogens is 362 g/mol. The Kier molecular flexibility index (Phi) is 6.26. The fourth-order valence-electron chi connectivity index (χ4n) is 3.09. The Labute approximate surface area is 160 Å². The summed E-state index contributed by atoms with van der Waals surface area (Å²) in [7, 11) is -3.52. The number of hydrogen-bond donors (Lipinski definition) is 1. The number of carbonyl (C=O) groups excluding carboxylic acids is 1. The Hall–Kier alpha value is -2.22. The molecule has 1 saturated heterocycles. The Morgan fingerprint density at radius 2 is 1.59 bits per heavy atom. The van der Waals surface area contributed by atoms with E-state index in [1.165, 1.54) is 16.4 Å². The number of rotatable bonds is 6. The summed E-state index contributed by atoms with van der Waals surface area (Å²) in [5, 5.41) is 2.84. The number of amides is 1. The topological polar surface area (TPSA) is 69.7 Å². The second kappa shape index (κ2) is 8.65. The summed E-state index contributed by atoms with van der Waals surface area (Å²) < 4.78 is 27.1. The molecule has 144 valence electrons. The minimum absolute atomic E-state index is 0.223. The van der Waals surface area contributed by atoms with Crippen LogP contribution < -0.4 is 5.32 Å². The molecule has 0 spiro atoms. The molecular formula is C20H25N3O3S. The molecule has 7 heteroatoms. The Morgan fingerprint density at radius 3 is 2.19 bits per heavy atom. The third-order valence-electron chi connectivity index (χ3n) is 4.83. The molecule has 1 heterocycles. The first kappa shape index (κ1) is 19.5. The number of carbonyl (C=O) groups is 1. The van der Waals surface area contributed by atoms with Crippen molar-refractivity contribution in [2.24, 2.45) is 0 Å². The highest BCUT2D eigenvalue weighted by molar-refractivity contribution is 7.89. The monoisotopic (exact) mass is 387 g/mol. The molecule has 1 aliphatic rings. The number of nitrogens with one attached hydrogen (secondary N) is 1. The molecule has 0 atom stereocenters. The highest BCUT2D eigenvalue weighted by atomic mass is 32.2. The van der Waals surface area contributed by atoms with E-state index in [0.717, 1.165) is 25.2 Å². The molecule has 0 saturated carbocycles. The van der Waals surface area contributed by atoms with Crippen LogP contribution in [0.5, 0.6) is 0 Å². The predicted molar refractivity (Wildman–Crippen MR) is 105 cm³/mol. The molecule has 0 radical (unpaired) electrons. The lowest BCUT2D eigenvalue weighted by Crippen LogP contribution is -2.48. The van der Waals surface area contributed by atoms with Crippen LogP contribution in [0.2, 0.25) is 0 Å². The standard InChI is InChI=1S/C20H25N3O3S/c1-2-22-12-14-23(15-13-22)27(25,26)19-10-8-18(9-11-19)20(24)21-16-17-6-4-3-5-7-17/h3-11H,2,12-16H2,1H3,(H,21,24). The summed E-state index contributed by atoms with van der Waals surface area (Å²) in [5.41, 5.74) is 1.46. The number of nitrogens with zero attached hydrogens (tertiary/aromatic N) is 2. The van der Waals surface area contributed by atoms with Gasteiger partial charge in [-0.05, 0) is 36.4 Å². The summed E-state index contributed by atoms with van der Waals surface area (Å²) in [6.45, 7) is 5.92. The fraction of sp³-hybridized carbons (Fsp3) is 0.350. The summed E-state index contributed by atoms with van der Waals surface area (Å²) >= 11 is 0. The molecule has 1 N–H and O–H groups in total. The van der Waals surface area contributed by atoms with E-state index in [1.807, 2.05) is 30.3 Å². The smallest absolute Gasteiger partial charge is 0.251 e. The van der Waals surface area contributed by atoms with E-state index < -0.39 is 10.0 Å². The molecule has 2 aromatic carbocycles. The van der Waals surface area contributed by atoms with Gasteiger partial charge in [-0.2, -0.15) is 4.31 Å². The maximum absolute atomic E-state index is 12.8. The van der Waals surface area contributed by atoms with E-state index in [9.17, 15) is 13.2 Å². The zero-order valence-electron chi connectivity index (χ0n) is 15.5. The maximum Gasteiger partial charge on any atom is 0.251 e. The van der Waals surface area contributed by atoms with Crippen LogP contribution in [0.1, 0.15) is 22.8 Å². The van der Waals surface area contributed by atoms with Crippen LogP contribution in [0, 0.1) is 0 Å². The van der Waals surface area contributed by atoms with E-state index >= 15 is 0 Å². The van der Waals surface area contributed by atoms with Crippen molar-refractivity contribution >= 4 is 15.9 Å². The minimum Gasteiger partial charge on any atom is -0.348 e. The molecule has 0 bridgehead atoms. The lowest BCUT2D eigenvalue weighted by Gasteiger charge is -2.33. The maximum atomic E-state index is 12.8. The van der Waals surface area contributed by atoms with Crippen LogP contribution in [0.25, 0.3) is 0 Å². The number of hydrogen-bond acceptors (Lipinski definition) is 4. The molecule has 0 aromatic heterocycles. The molecule has 0 aliphatic carbocycles. The highest BCUT2D eigenvalue weighted by Crippen LogP contribution is 2.18. The fourth-order valence-corrected chi connectivity index (χ4v) is 4.52. The van der Waals surface area contributed by atoms with Gasteiger partial charge in [0, 0.05) is 38.3 Å². The quantitative estimate of drug-likeness (QED) is 0.822. The number of sulfonamides is 1. The third kappa shape index (κ3) is 4.74. The van der Waals surface area contributed by atoms with Gasteiger partial charge < -0.3 is 10.2 Å². The molecule has 0 unspecified atom stereocenters. The van der Waals surface area contributed by atoms with Crippen molar-refractivity contribution in [3.05, 3.63) is 65.7 Å².